The minimum atomic E-state index is -0.976. The van der Waals surface area contributed by atoms with E-state index >= 15 is 0 Å². The van der Waals surface area contributed by atoms with Crippen LogP contribution in [0.15, 0.2) is 82.8 Å². The summed E-state index contributed by atoms with van der Waals surface area (Å²) in [6, 6.07) is 20.8. The number of benzene rings is 3. The number of aliphatic hydroxyl groups is 1. The van der Waals surface area contributed by atoms with Gasteiger partial charge in [-0.2, -0.15) is 0 Å². The number of rotatable bonds is 7. The van der Waals surface area contributed by atoms with E-state index < -0.39 is 23.7 Å². The van der Waals surface area contributed by atoms with Crippen molar-refractivity contribution in [3.8, 4) is 5.75 Å². The van der Waals surface area contributed by atoms with E-state index in [0.717, 1.165) is 26.9 Å². The van der Waals surface area contributed by atoms with Crippen LogP contribution in [-0.2, 0) is 20.9 Å². The van der Waals surface area contributed by atoms with Gasteiger partial charge in [-0.1, -0.05) is 69.2 Å². The number of Topliss-reactive ketones (excluding diaryl/α,β-unsaturated/α-hetero) is 1. The fourth-order valence-electron chi connectivity index (χ4n) is 4.59. The molecular formula is C31H25BrN2O6S. The number of hydrogen-bond donors (Lipinski definition) is 1. The Morgan fingerprint density at radius 2 is 1.76 bits per heavy atom. The van der Waals surface area contributed by atoms with Crippen LogP contribution in [0.4, 0.5) is 5.13 Å². The zero-order valence-electron chi connectivity index (χ0n) is 22.4. The van der Waals surface area contributed by atoms with E-state index in [9.17, 15) is 19.5 Å². The average Bonchev–Trinajstić information content (AvgIpc) is 3.48. The second-order valence-electron chi connectivity index (χ2n) is 9.43. The molecule has 10 heteroatoms. The number of hydrogen-bond acceptors (Lipinski definition) is 8. The molecule has 5 rings (SSSR count). The van der Waals surface area contributed by atoms with Gasteiger partial charge < -0.3 is 14.6 Å². The van der Waals surface area contributed by atoms with Crippen molar-refractivity contribution >= 4 is 55.8 Å². The second-order valence-corrected chi connectivity index (χ2v) is 11.3. The highest BCUT2D eigenvalue weighted by Gasteiger charge is 2.48. The average molecular weight is 634 g/mol. The fraction of sp³-hybridized carbons (Fsp3) is 0.161. The molecule has 41 heavy (non-hydrogen) atoms. The third-order valence-electron chi connectivity index (χ3n) is 6.61. The molecule has 1 N–H and O–H groups in total. The maximum atomic E-state index is 13.4. The van der Waals surface area contributed by atoms with Gasteiger partial charge in [-0.15, -0.1) is 0 Å². The Labute approximate surface area is 249 Å². The topological polar surface area (TPSA) is 106 Å². The Bertz CT molecular complexity index is 1680. The summed E-state index contributed by atoms with van der Waals surface area (Å²) < 4.78 is 11.5. The van der Waals surface area contributed by atoms with E-state index in [1.165, 1.54) is 12.0 Å². The maximum Gasteiger partial charge on any atom is 0.350 e. The number of carbonyl (C=O) groups is 3. The van der Waals surface area contributed by atoms with Crippen molar-refractivity contribution in [2.24, 2.45) is 0 Å². The Morgan fingerprint density at radius 3 is 2.41 bits per heavy atom. The molecule has 1 fully saturated rings. The predicted molar refractivity (Wildman–Crippen MR) is 159 cm³/mol. The highest BCUT2D eigenvalue weighted by molar-refractivity contribution is 9.10. The van der Waals surface area contributed by atoms with Gasteiger partial charge in [-0.25, -0.2) is 9.78 Å². The van der Waals surface area contributed by atoms with E-state index in [1.54, 1.807) is 55.5 Å². The molecule has 1 amide bonds. The quantitative estimate of drug-likeness (QED) is 0.107. The second kappa shape index (κ2) is 11.7. The van der Waals surface area contributed by atoms with Gasteiger partial charge in [-0.3, -0.25) is 14.5 Å². The van der Waals surface area contributed by atoms with Gasteiger partial charge >= 0.3 is 11.9 Å². The summed E-state index contributed by atoms with van der Waals surface area (Å²) in [6.07, 6.45) is 0. The van der Waals surface area contributed by atoms with Gasteiger partial charge in [0.25, 0.3) is 5.78 Å². The zero-order valence-corrected chi connectivity index (χ0v) is 24.8. The summed E-state index contributed by atoms with van der Waals surface area (Å²) in [6.45, 7) is 4.02. The zero-order chi connectivity index (χ0) is 29.3. The number of ether oxygens (including phenoxy) is 2. The van der Waals surface area contributed by atoms with Crippen LogP contribution in [0.1, 0.15) is 43.7 Å². The van der Waals surface area contributed by atoms with Crippen LogP contribution in [-0.4, -0.2) is 34.9 Å². The third-order valence-corrected chi connectivity index (χ3v) is 8.27. The molecule has 1 atom stereocenters. The molecule has 1 aliphatic rings. The van der Waals surface area contributed by atoms with Crippen LogP contribution >= 0.6 is 27.3 Å². The lowest BCUT2D eigenvalue weighted by atomic mass is 9.95. The number of halogens is 1. The summed E-state index contributed by atoms with van der Waals surface area (Å²) >= 11 is 4.36. The van der Waals surface area contributed by atoms with Crippen molar-refractivity contribution in [1.82, 2.24) is 4.98 Å². The van der Waals surface area contributed by atoms with Crippen LogP contribution in [0.2, 0.25) is 0 Å². The lowest BCUT2D eigenvalue weighted by Gasteiger charge is -2.23. The lowest BCUT2D eigenvalue weighted by molar-refractivity contribution is -0.132. The first kappa shape index (κ1) is 28.3. The molecule has 3 aromatic carbocycles. The number of carbonyl (C=O) groups excluding carboxylic acids is 3. The fourth-order valence-corrected chi connectivity index (χ4v) is 5.87. The number of aryl methyl sites for hydroxylation is 2. The Kier molecular flexibility index (Phi) is 8.05. The first-order chi connectivity index (χ1) is 19.7. The van der Waals surface area contributed by atoms with Gasteiger partial charge in [-0.05, 0) is 61.4 Å². The van der Waals surface area contributed by atoms with Gasteiger partial charge in [0, 0.05) is 10.0 Å². The minimum Gasteiger partial charge on any atom is -0.507 e. The first-order valence-corrected chi connectivity index (χ1v) is 14.2. The predicted octanol–water partition coefficient (Wildman–Crippen LogP) is 6.51. The van der Waals surface area contributed by atoms with E-state index in [-0.39, 0.29) is 21.3 Å². The standard InChI is InChI=1S/C31H25BrN2O6S/c1-17-5-4-6-19(15-17)16-40-23-13-9-21(10-14-23)26(35)24-25(20-7-11-22(32)12-8-20)34(29(37)27(24)36)31-33-18(2)28(41-31)30(38)39-3/h4-15,25,35H,16H2,1-3H3. The van der Waals surface area contributed by atoms with Crippen LogP contribution < -0.4 is 9.64 Å². The van der Waals surface area contributed by atoms with Gasteiger partial charge in [0.05, 0.1) is 24.4 Å². The molecule has 208 valence electrons. The summed E-state index contributed by atoms with van der Waals surface area (Å²) in [7, 11) is 1.26. The van der Waals surface area contributed by atoms with Crippen molar-refractivity contribution in [1.29, 1.82) is 0 Å². The van der Waals surface area contributed by atoms with Gasteiger partial charge in [0.2, 0.25) is 0 Å². The summed E-state index contributed by atoms with van der Waals surface area (Å²) in [5.74, 6) is -2.05. The minimum absolute atomic E-state index is 0.0850. The molecule has 0 radical (unpaired) electrons. The molecular weight excluding hydrogens is 608 g/mol. The summed E-state index contributed by atoms with van der Waals surface area (Å²) in [5, 5.41) is 11.6. The molecule has 0 bridgehead atoms. The molecule has 1 aromatic heterocycles. The number of esters is 1. The van der Waals surface area contributed by atoms with E-state index in [0.29, 0.717) is 29.2 Å². The van der Waals surface area contributed by atoms with E-state index in [4.69, 9.17) is 9.47 Å². The molecule has 1 unspecified atom stereocenters. The molecule has 8 nitrogen and oxygen atoms in total. The molecule has 1 saturated heterocycles. The molecule has 0 spiro atoms. The number of aromatic nitrogens is 1. The Balaban J connectivity index is 1.52. The summed E-state index contributed by atoms with van der Waals surface area (Å²) in [4.78, 5) is 44.9. The van der Waals surface area contributed by atoms with E-state index in [1.807, 2.05) is 31.2 Å². The van der Waals surface area contributed by atoms with Crippen molar-refractivity contribution < 1.29 is 29.0 Å². The number of anilines is 1. The van der Waals surface area contributed by atoms with Crippen molar-refractivity contribution in [2.75, 3.05) is 12.0 Å². The number of nitrogens with zero attached hydrogens (tertiary/aromatic N) is 2. The van der Waals surface area contributed by atoms with Crippen LogP contribution in [0.25, 0.3) is 5.76 Å². The molecule has 0 aliphatic carbocycles. The molecule has 1 aliphatic heterocycles. The normalized spacial score (nSPS) is 16.2. The van der Waals surface area contributed by atoms with Crippen molar-refractivity contribution in [3.63, 3.8) is 0 Å². The van der Waals surface area contributed by atoms with Crippen LogP contribution in [0, 0.1) is 13.8 Å². The lowest BCUT2D eigenvalue weighted by Crippen LogP contribution is -2.29. The molecule has 4 aromatic rings. The number of ketones is 1. The van der Waals surface area contributed by atoms with Gasteiger partial charge in [0.15, 0.2) is 5.13 Å². The number of amides is 1. The number of thiazole rings is 1. The largest absolute Gasteiger partial charge is 0.507 e. The maximum absolute atomic E-state index is 13.4. The molecule has 2 heterocycles. The summed E-state index contributed by atoms with van der Waals surface area (Å²) in [5.41, 5.74) is 3.38. The highest BCUT2D eigenvalue weighted by Crippen LogP contribution is 2.44. The smallest absolute Gasteiger partial charge is 0.350 e. The van der Waals surface area contributed by atoms with E-state index in [2.05, 4.69) is 20.9 Å². The monoisotopic (exact) mass is 632 g/mol. The van der Waals surface area contributed by atoms with Crippen molar-refractivity contribution in [3.05, 3.63) is 116 Å². The number of methoxy groups -OCH3 is 1. The Morgan fingerprint density at radius 1 is 1.05 bits per heavy atom. The van der Waals surface area contributed by atoms with Crippen LogP contribution in [0.3, 0.4) is 0 Å². The Hall–Kier alpha value is -4.28. The molecule has 0 saturated carbocycles. The third kappa shape index (κ3) is 5.66. The SMILES string of the molecule is COC(=O)c1sc(N2C(=O)C(=O)C(=C(O)c3ccc(OCc4cccc(C)c4)cc3)C2c2ccc(Br)cc2)nc1C. The van der Waals surface area contributed by atoms with Crippen molar-refractivity contribution in [2.45, 2.75) is 26.5 Å². The van der Waals surface area contributed by atoms with Crippen LogP contribution in [0.5, 0.6) is 5.75 Å². The number of aliphatic hydroxyl groups excluding tert-OH is 1. The first-order valence-electron chi connectivity index (χ1n) is 12.6. The highest BCUT2D eigenvalue weighted by atomic mass is 79.9. The van der Waals surface area contributed by atoms with Gasteiger partial charge in [0.1, 0.15) is 23.0 Å².